The molecule has 152 valence electrons. The second kappa shape index (κ2) is 8.15. The number of hydrogen-bond donors (Lipinski definition) is 1. The topological polar surface area (TPSA) is 61.9 Å². The van der Waals surface area contributed by atoms with Gasteiger partial charge in [0.15, 0.2) is 0 Å². The van der Waals surface area contributed by atoms with Gasteiger partial charge in [0.25, 0.3) is 0 Å². The second-order valence-corrected chi connectivity index (χ2v) is 7.88. The lowest BCUT2D eigenvalue weighted by atomic mass is 10.1. The number of benzene rings is 2. The molecule has 29 heavy (non-hydrogen) atoms. The number of carbonyl (C=O) groups excluding carboxylic acids is 2. The number of anilines is 1. The SMILES string of the molecule is Cc1cccc(CN(C(=O)NC(C)c2cccc(N3CCOC3=O)c2)C2CC2)c1. The van der Waals surface area contributed by atoms with Gasteiger partial charge in [-0.15, -0.1) is 0 Å². The fraction of sp³-hybridized carbons (Fsp3) is 0.391. The van der Waals surface area contributed by atoms with E-state index in [4.69, 9.17) is 4.74 Å². The highest BCUT2D eigenvalue weighted by Gasteiger charge is 2.33. The molecule has 1 saturated heterocycles. The molecule has 2 aromatic rings. The van der Waals surface area contributed by atoms with Crippen LogP contribution in [-0.2, 0) is 11.3 Å². The molecule has 1 aliphatic carbocycles. The van der Waals surface area contributed by atoms with Gasteiger partial charge in [0, 0.05) is 18.3 Å². The van der Waals surface area contributed by atoms with E-state index < -0.39 is 0 Å². The van der Waals surface area contributed by atoms with Crippen molar-refractivity contribution in [3.8, 4) is 0 Å². The van der Waals surface area contributed by atoms with E-state index in [9.17, 15) is 9.59 Å². The van der Waals surface area contributed by atoms with E-state index >= 15 is 0 Å². The van der Waals surface area contributed by atoms with Crippen LogP contribution in [0.1, 0.15) is 42.5 Å². The number of amides is 3. The molecule has 1 heterocycles. The lowest BCUT2D eigenvalue weighted by Crippen LogP contribution is -2.42. The van der Waals surface area contributed by atoms with Gasteiger partial charge in [-0.1, -0.05) is 42.0 Å². The number of rotatable bonds is 6. The van der Waals surface area contributed by atoms with Crippen molar-refractivity contribution < 1.29 is 14.3 Å². The van der Waals surface area contributed by atoms with E-state index in [2.05, 4.69) is 30.4 Å². The molecule has 0 bridgehead atoms. The first-order valence-electron chi connectivity index (χ1n) is 10.2. The molecule has 1 unspecified atom stereocenters. The first kappa shape index (κ1) is 19.3. The Balaban J connectivity index is 1.44. The molecule has 3 amide bonds. The summed E-state index contributed by atoms with van der Waals surface area (Å²) < 4.78 is 5.03. The molecule has 1 atom stereocenters. The number of carbonyl (C=O) groups is 2. The second-order valence-electron chi connectivity index (χ2n) is 7.88. The largest absolute Gasteiger partial charge is 0.447 e. The quantitative estimate of drug-likeness (QED) is 0.792. The summed E-state index contributed by atoms with van der Waals surface area (Å²) >= 11 is 0. The zero-order chi connectivity index (χ0) is 20.4. The predicted octanol–water partition coefficient (Wildman–Crippen LogP) is 4.39. The molecule has 0 spiro atoms. The molecule has 1 saturated carbocycles. The number of urea groups is 1. The van der Waals surface area contributed by atoms with Crippen LogP contribution in [0.4, 0.5) is 15.3 Å². The van der Waals surface area contributed by atoms with Crippen LogP contribution in [0, 0.1) is 6.92 Å². The molecule has 2 fully saturated rings. The van der Waals surface area contributed by atoms with E-state index in [0.29, 0.717) is 25.7 Å². The lowest BCUT2D eigenvalue weighted by Gasteiger charge is -2.26. The van der Waals surface area contributed by atoms with Gasteiger partial charge in [0.1, 0.15) is 6.61 Å². The molecule has 2 aliphatic rings. The van der Waals surface area contributed by atoms with Gasteiger partial charge >= 0.3 is 12.1 Å². The number of hydrogen-bond acceptors (Lipinski definition) is 3. The third-order valence-corrected chi connectivity index (χ3v) is 5.47. The van der Waals surface area contributed by atoms with Crippen LogP contribution >= 0.6 is 0 Å². The molecule has 2 aromatic carbocycles. The van der Waals surface area contributed by atoms with Crippen LogP contribution in [0.25, 0.3) is 0 Å². The number of ether oxygens (including phenoxy) is 1. The van der Waals surface area contributed by atoms with Gasteiger partial charge in [-0.25, -0.2) is 9.59 Å². The Morgan fingerprint density at radius 3 is 2.72 bits per heavy atom. The summed E-state index contributed by atoms with van der Waals surface area (Å²) in [5, 5.41) is 3.13. The van der Waals surface area contributed by atoms with E-state index in [1.807, 2.05) is 42.2 Å². The first-order valence-corrected chi connectivity index (χ1v) is 10.2. The summed E-state index contributed by atoms with van der Waals surface area (Å²) in [6, 6.07) is 16.1. The normalized spacial score (nSPS) is 17.0. The van der Waals surface area contributed by atoms with Crippen LogP contribution in [0.5, 0.6) is 0 Å². The zero-order valence-corrected chi connectivity index (χ0v) is 16.9. The first-order chi connectivity index (χ1) is 14.0. The summed E-state index contributed by atoms with van der Waals surface area (Å²) in [5.41, 5.74) is 4.10. The number of nitrogens with one attached hydrogen (secondary N) is 1. The Bertz CT molecular complexity index is 910. The Labute approximate surface area is 171 Å². The number of nitrogens with zero attached hydrogens (tertiary/aromatic N) is 2. The minimum Gasteiger partial charge on any atom is -0.447 e. The molecule has 1 aliphatic heterocycles. The molecule has 6 heteroatoms. The van der Waals surface area contributed by atoms with Crippen molar-refractivity contribution >= 4 is 17.8 Å². The maximum Gasteiger partial charge on any atom is 0.414 e. The standard InChI is InChI=1S/C23H27N3O3/c1-16-5-3-6-18(13-16)15-26(20-9-10-20)22(27)24-17(2)19-7-4-8-21(14-19)25-11-12-29-23(25)28/h3-8,13-14,17,20H,9-12,15H2,1-2H3,(H,24,27). The van der Waals surface area contributed by atoms with Gasteiger partial charge in [-0.3, -0.25) is 4.90 Å². The van der Waals surface area contributed by atoms with Crippen molar-refractivity contribution in [2.75, 3.05) is 18.1 Å². The summed E-state index contributed by atoms with van der Waals surface area (Å²) in [6.45, 7) is 5.61. The molecule has 0 aromatic heterocycles. The van der Waals surface area contributed by atoms with Gasteiger partial charge in [0.2, 0.25) is 0 Å². The zero-order valence-electron chi connectivity index (χ0n) is 16.9. The van der Waals surface area contributed by atoms with Gasteiger partial charge in [-0.2, -0.15) is 0 Å². The molecule has 1 N–H and O–H groups in total. The van der Waals surface area contributed by atoms with Crippen molar-refractivity contribution in [1.29, 1.82) is 0 Å². The minimum absolute atomic E-state index is 0.0486. The average molecular weight is 393 g/mol. The Hall–Kier alpha value is -3.02. The van der Waals surface area contributed by atoms with Crippen LogP contribution in [0.3, 0.4) is 0 Å². The van der Waals surface area contributed by atoms with Crippen LogP contribution < -0.4 is 10.2 Å². The maximum absolute atomic E-state index is 13.0. The van der Waals surface area contributed by atoms with Crippen molar-refractivity contribution in [3.63, 3.8) is 0 Å². The fourth-order valence-electron chi connectivity index (χ4n) is 3.70. The molecule has 4 rings (SSSR count). The summed E-state index contributed by atoms with van der Waals surface area (Å²) in [7, 11) is 0. The number of cyclic esters (lactones) is 1. The van der Waals surface area contributed by atoms with E-state index in [1.165, 1.54) is 5.56 Å². The van der Waals surface area contributed by atoms with E-state index in [1.54, 1.807) is 4.90 Å². The summed E-state index contributed by atoms with van der Waals surface area (Å²) in [5.74, 6) is 0. The van der Waals surface area contributed by atoms with Crippen LogP contribution in [0.2, 0.25) is 0 Å². The third kappa shape index (κ3) is 4.53. The van der Waals surface area contributed by atoms with Crippen molar-refractivity contribution in [1.82, 2.24) is 10.2 Å². The van der Waals surface area contributed by atoms with Gasteiger partial charge in [0.05, 0.1) is 12.6 Å². The Morgan fingerprint density at radius 2 is 2.03 bits per heavy atom. The Kier molecular flexibility index (Phi) is 5.43. The Morgan fingerprint density at radius 1 is 1.24 bits per heavy atom. The molecule has 6 nitrogen and oxygen atoms in total. The van der Waals surface area contributed by atoms with E-state index in [0.717, 1.165) is 29.7 Å². The van der Waals surface area contributed by atoms with Crippen molar-refractivity contribution in [2.45, 2.75) is 45.3 Å². The lowest BCUT2D eigenvalue weighted by molar-refractivity contribution is 0.181. The monoisotopic (exact) mass is 393 g/mol. The predicted molar refractivity (Wildman–Crippen MR) is 112 cm³/mol. The van der Waals surface area contributed by atoms with Gasteiger partial charge < -0.3 is 15.0 Å². The highest BCUT2D eigenvalue weighted by Crippen LogP contribution is 2.29. The maximum atomic E-state index is 13.0. The smallest absolute Gasteiger partial charge is 0.414 e. The van der Waals surface area contributed by atoms with Gasteiger partial charge in [-0.05, 0) is 49.9 Å². The summed E-state index contributed by atoms with van der Waals surface area (Å²) in [4.78, 5) is 28.4. The molecular formula is C23H27N3O3. The highest BCUT2D eigenvalue weighted by molar-refractivity contribution is 5.89. The molecule has 0 radical (unpaired) electrons. The van der Waals surface area contributed by atoms with Crippen LogP contribution in [-0.4, -0.2) is 36.2 Å². The van der Waals surface area contributed by atoms with Crippen molar-refractivity contribution in [2.24, 2.45) is 0 Å². The average Bonchev–Trinajstić information content (AvgIpc) is 3.46. The fourth-order valence-corrected chi connectivity index (χ4v) is 3.70. The van der Waals surface area contributed by atoms with Crippen molar-refractivity contribution in [3.05, 3.63) is 65.2 Å². The summed E-state index contributed by atoms with van der Waals surface area (Å²) in [6.07, 6.45) is 1.79. The van der Waals surface area contributed by atoms with E-state index in [-0.39, 0.29) is 18.2 Å². The third-order valence-electron chi connectivity index (χ3n) is 5.47. The van der Waals surface area contributed by atoms with Crippen LogP contribution in [0.15, 0.2) is 48.5 Å². The number of aryl methyl sites for hydroxylation is 1. The molecular weight excluding hydrogens is 366 g/mol. The highest BCUT2D eigenvalue weighted by atomic mass is 16.6. The minimum atomic E-state index is -0.322.